The highest BCUT2D eigenvalue weighted by atomic mass is 16.5. The fourth-order valence-electron chi connectivity index (χ4n) is 2.76. The zero-order valence-electron chi connectivity index (χ0n) is 11.1. The number of nitrogens with zero attached hydrogens (tertiary/aromatic N) is 1. The molecule has 1 heterocycles. The molecule has 1 saturated carbocycles. The number of ketones is 1. The average Bonchev–Trinajstić information content (AvgIpc) is 2.42. The van der Waals surface area contributed by atoms with E-state index in [-0.39, 0.29) is 11.4 Å². The molecule has 2 aromatic rings. The summed E-state index contributed by atoms with van der Waals surface area (Å²) in [6.45, 7) is 0. The molecule has 19 heavy (non-hydrogen) atoms. The van der Waals surface area contributed by atoms with Crippen LogP contribution < -0.4 is 0 Å². The summed E-state index contributed by atoms with van der Waals surface area (Å²) in [6, 6.07) is 9.53. The van der Waals surface area contributed by atoms with Crippen molar-refractivity contribution in [2.75, 3.05) is 7.11 Å². The summed E-state index contributed by atoms with van der Waals surface area (Å²) in [7, 11) is 1.71. The Bertz CT molecular complexity index is 606. The molecule has 98 valence electrons. The zero-order chi connectivity index (χ0) is 13.3. The third kappa shape index (κ3) is 2.15. The average molecular weight is 255 g/mol. The van der Waals surface area contributed by atoms with Crippen molar-refractivity contribution in [3.8, 4) is 0 Å². The number of methoxy groups -OCH3 is 1. The Labute approximate surface area is 112 Å². The smallest absolute Gasteiger partial charge is 0.166 e. The number of rotatable bonds is 4. The number of Topliss-reactive ketones (excluding diaryl/α,β-unsaturated/α-hetero) is 1. The molecular weight excluding hydrogens is 238 g/mol. The molecule has 1 aromatic carbocycles. The summed E-state index contributed by atoms with van der Waals surface area (Å²) in [4.78, 5) is 16.8. The maximum atomic E-state index is 12.5. The van der Waals surface area contributed by atoms with Crippen molar-refractivity contribution in [3.63, 3.8) is 0 Å². The Hall–Kier alpha value is -1.74. The highest BCUT2D eigenvalue weighted by Gasteiger charge is 2.39. The van der Waals surface area contributed by atoms with Gasteiger partial charge in [0.15, 0.2) is 5.78 Å². The van der Waals surface area contributed by atoms with E-state index in [1.54, 1.807) is 13.3 Å². The molecule has 1 aliphatic rings. The van der Waals surface area contributed by atoms with Gasteiger partial charge in [0, 0.05) is 30.7 Å². The minimum Gasteiger partial charge on any atom is -0.378 e. The molecule has 0 atom stereocenters. The molecule has 0 bridgehead atoms. The Kier molecular flexibility index (Phi) is 3.07. The van der Waals surface area contributed by atoms with Crippen molar-refractivity contribution in [1.29, 1.82) is 0 Å². The lowest BCUT2D eigenvalue weighted by Crippen LogP contribution is -2.41. The molecule has 0 unspecified atom stereocenters. The second-order valence-electron chi connectivity index (χ2n) is 5.22. The molecule has 0 aliphatic heterocycles. The number of pyridine rings is 1. The van der Waals surface area contributed by atoms with E-state index < -0.39 is 0 Å². The van der Waals surface area contributed by atoms with E-state index in [9.17, 15) is 4.79 Å². The first kappa shape index (κ1) is 12.3. The number of carbonyl (C=O) groups excluding carboxylic acids is 1. The Balaban J connectivity index is 1.93. The van der Waals surface area contributed by atoms with Gasteiger partial charge >= 0.3 is 0 Å². The van der Waals surface area contributed by atoms with Gasteiger partial charge < -0.3 is 4.74 Å². The Morgan fingerprint density at radius 1 is 1.32 bits per heavy atom. The van der Waals surface area contributed by atoms with E-state index in [2.05, 4.69) is 4.98 Å². The normalized spacial score (nSPS) is 17.1. The third-order valence-electron chi connectivity index (χ3n) is 4.13. The van der Waals surface area contributed by atoms with E-state index in [0.29, 0.717) is 6.42 Å². The lowest BCUT2D eigenvalue weighted by Gasteiger charge is -2.40. The number of fused-ring (bicyclic) bond motifs is 1. The van der Waals surface area contributed by atoms with Crippen molar-refractivity contribution in [2.24, 2.45) is 0 Å². The maximum Gasteiger partial charge on any atom is 0.166 e. The van der Waals surface area contributed by atoms with Crippen LogP contribution in [0.4, 0.5) is 0 Å². The number of hydrogen-bond donors (Lipinski definition) is 0. The van der Waals surface area contributed by atoms with Gasteiger partial charge in [-0.25, -0.2) is 0 Å². The van der Waals surface area contributed by atoms with Gasteiger partial charge in [-0.2, -0.15) is 0 Å². The summed E-state index contributed by atoms with van der Waals surface area (Å²) in [5, 5.41) is 0.931. The molecule has 1 aliphatic carbocycles. The van der Waals surface area contributed by atoms with Crippen LogP contribution in [0.25, 0.3) is 10.9 Å². The van der Waals surface area contributed by atoms with Crippen LogP contribution in [0.2, 0.25) is 0 Å². The van der Waals surface area contributed by atoms with Gasteiger partial charge in [0.05, 0.1) is 11.1 Å². The SMILES string of the molecule is COC1(CC(=O)c2cccc3ncccc23)CCC1. The van der Waals surface area contributed by atoms with Crippen LogP contribution in [0.3, 0.4) is 0 Å². The lowest BCUT2D eigenvalue weighted by molar-refractivity contribution is -0.0704. The van der Waals surface area contributed by atoms with Crippen LogP contribution in [0.1, 0.15) is 36.0 Å². The summed E-state index contributed by atoms with van der Waals surface area (Å²) < 4.78 is 5.54. The number of hydrogen-bond acceptors (Lipinski definition) is 3. The third-order valence-corrected chi connectivity index (χ3v) is 4.13. The minimum atomic E-state index is -0.221. The van der Waals surface area contributed by atoms with Crippen LogP contribution in [-0.4, -0.2) is 23.5 Å². The highest BCUT2D eigenvalue weighted by molar-refractivity contribution is 6.07. The summed E-state index contributed by atoms with van der Waals surface area (Å²) in [6.07, 6.45) is 5.34. The second kappa shape index (κ2) is 4.74. The van der Waals surface area contributed by atoms with Gasteiger partial charge in [0.2, 0.25) is 0 Å². The molecule has 3 heteroatoms. The molecule has 0 amide bonds. The van der Waals surface area contributed by atoms with Gasteiger partial charge in [0.1, 0.15) is 0 Å². The monoisotopic (exact) mass is 255 g/mol. The molecule has 0 radical (unpaired) electrons. The largest absolute Gasteiger partial charge is 0.378 e. The van der Waals surface area contributed by atoms with E-state index in [1.807, 2.05) is 30.3 Å². The number of ether oxygens (including phenoxy) is 1. The van der Waals surface area contributed by atoms with Gasteiger partial charge in [-0.05, 0) is 31.4 Å². The quantitative estimate of drug-likeness (QED) is 0.786. The van der Waals surface area contributed by atoms with Crippen molar-refractivity contribution >= 4 is 16.7 Å². The molecule has 0 saturated heterocycles. The van der Waals surface area contributed by atoms with Crippen LogP contribution >= 0.6 is 0 Å². The second-order valence-corrected chi connectivity index (χ2v) is 5.22. The predicted octanol–water partition coefficient (Wildman–Crippen LogP) is 3.38. The molecule has 1 fully saturated rings. The topological polar surface area (TPSA) is 39.2 Å². The Morgan fingerprint density at radius 2 is 2.16 bits per heavy atom. The van der Waals surface area contributed by atoms with Crippen molar-refractivity contribution in [3.05, 3.63) is 42.1 Å². The minimum absolute atomic E-state index is 0.153. The molecule has 3 rings (SSSR count). The fraction of sp³-hybridized carbons (Fsp3) is 0.375. The summed E-state index contributed by atoms with van der Waals surface area (Å²) in [5.41, 5.74) is 1.41. The van der Waals surface area contributed by atoms with Crippen LogP contribution in [0, 0.1) is 0 Å². The van der Waals surface area contributed by atoms with E-state index in [0.717, 1.165) is 35.7 Å². The molecule has 3 nitrogen and oxygen atoms in total. The maximum absolute atomic E-state index is 12.5. The van der Waals surface area contributed by atoms with Gasteiger partial charge in [0.25, 0.3) is 0 Å². The first-order valence-corrected chi connectivity index (χ1v) is 6.66. The van der Waals surface area contributed by atoms with Crippen LogP contribution in [0.5, 0.6) is 0 Å². The molecule has 1 aromatic heterocycles. The first-order chi connectivity index (χ1) is 9.24. The van der Waals surface area contributed by atoms with Crippen LogP contribution in [0.15, 0.2) is 36.5 Å². The van der Waals surface area contributed by atoms with Crippen molar-refractivity contribution in [2.45, 2.75) is 31.3 Å². The summed E-state index contributed by atoms with van der Waals surface area (Å²) >= 11 is 0. The summed E-state index contributed by atoms with van der Waals surface area (Å²) in [5.74, 6) is 0.153. The molecule has 0 spiro atoms. The van der Waals surface area contributed by atoms with Gasteiger partial charge in [-0.3, -0.25) is 9.78 Å². The Morgan fingerprint density at radius 3 is 2.84 bits per heavy atom. The van der Waals surface area contributed by atoms with E-state index in [1.165, 1.54) is 0 Å². The number of benzene rings is 1. The zero-order valence-corrected chi connectivity index (χ0v) is 11.1. The first-order valence-electron chi connectivity index (χ1n) is 6.66. The lowest BCUT2D eigenvalue weighted by atomic mass is 9.75. The molecule has 0 N–H and O–H groups in total. The van der Waals surface area contributed by atoms with Gasteiger partial charge in [-0.1, -0.05) is 18.2 Å². The predicted molar refractivity (Wildman–Crippen MR) is 74.3 cm³/mol. The van der Waals surface area contributed by atoms with Crippen molar-refractivity contribution < 1.29 is 9.53 Å². The van der Waals surface area contributed by atoms with Gasteiger partial charge in [-0.15, -0.1) is 0 Å². The highest BCUT2D eigenvalue weighted by Crippen LogP contribution is 2.39. The fourth-order valence-corrected chi connectivity index (χ4v) is 2.76. The number of carbonyl (C=O) groups is 1. The van der Waals surface area contributed by atoms with E-state index in [4.69, 9.17) is 4.74 Å². The van der Waals surface area contributed by atoms with Crippen molar-refractivity contribution in [1.82, 2.24) is 4.98 Å². The number of aromatic nitrogens is 1. The van der Waals surface area contributed by atoms with E-state index >= 15 is 0 Å². The standard InChI is InChI=1S/C16H17NO2/c1-19-16(8-4-9-16)11-15(18)13-5-2-7-14-12(13)6-3-10-17-14/h2-3,5-7,10H,4,8-9,11H2,1H3. The van der Waals surface area contributed by atoms with Crippen LogP contribution in [-0.2, 0) is 4.74 Å². The molecular formula is C16H17NO2.